The van der Waals surface area contributed by atoms with E-state index in [0.717, 1.165) is 11.1 Å². The minimum Gasteiger partial charge on any atom is -0.496 e. The number of benzene rings is 3. The van der Waals surface area contributed by atoms with E-state index in [9.17, 15) is 9.59 Å². The molecule has 0 aliphatic rings. The Bertz CT molecular complexity index is 936. The average molecular weight is 375 g/mol. The predicted molar refractivity (Wildman–Crippen MR) is 108 cm³/mol. The van der Waals surface area contributed by atoms with Crippen molar-refractivity contribution < 1.29 is 19.1 Å². The van der Waals surface area contributed by atoms with Gasteiger partial charge in [-0.05, 0) is 29.3 Å². The molecule has 3 aromatic rings. The van der Waals surface area contributed by atoms with Crippen LogP contribution in [-0.4, -0.2) is 25.6 Å². The summed E-state index contributed by atoms with van der Waals surface area (Å²) in [6.45, 7) is -0.339. The summed E-state index contributed by atoms with van der Waals surface area (Å²) in [5.74, 6) is -0.262. The normalized spacial score (nSPS) is 10.2. The van der Waals surface area contributed by atoms with E-state index < -0.39 is 5.97 Å². The van der Waals surface area contributed by atoms with Crippen LogP contribution in [0.2, 0.25) is 0 Å². The highest BCUT2D eigenvalue weighted by atomic mass is 16.5. The Kier molecular flexibility index (Phi) is 6.41. The molecule has 0 atom stereocenters. The maximum Gasteiger partial charge on any atom is 0.310 e. The molecule has 0 aromatic heterocycles. The first-order valence-corrected chi connectivity index (χ1v) is 8.88. The largest absolute Gasteiger partial charge is 0.496 e. The van der Waals surface area contributed by atoms with Crippen LogP contribution in [0.15, 0.2) is 78.9 Å². The van der Waals surface area contributed by atoms with Crippen LogP contribution in [0.5, 0.6) is 5.75 Å². The van der Waals surface area contributed by atoms with E-state index in [2.05, 4.69) is 5.32 Å². The molecule has 0 aliphatic carbocycles. The van der Waals surface area contributed by atoms with E-state index in [1.54, 1.807) is 19.2 Å². The van der Waals surface area contributed by atoms with Gasteiger partial charge in [0.2, 0.25) is 0 Å². The van der Waals surface area contributed by atoms with Gasteiger partial charge in [-0.3, -0.25) is 9.59 Å². The Morgan fingerprint density at radius 1 is 0.821 bits per heavy atom. The third kappa shape index (κ3) is 5.20. The minimum absolute atomic E-state index is 0.0447. The molecule has 0 fully saturated rings. The summed E-state index contributed by atoms with van der Waals surface area (Å²) in [7, 11) is 1.54. The van der Waals surface area contributed by atoms with Gasteiger partial charge in [0, 0.05) is 11.3 Å². The molecule has 3 rings (SSSR count). The van der Waals surface area contributed by atoms with Gasteiger partial charge in [-0.25, -0.2) is 0 Å². The second-order valence-corrected chi connectivity index (χ2v) is 6.14. The van der Waals surface area contributed by atoms with Crippen LogP contribution in [0.25, 0.3) is 11.1 Å². The van der Waals surface area contributed by atoms with E-state index in [0.29, 0.717) is 17.0 Å². The molecule has 0 heterocycles. The van der Waals surface area contributed by atoms with Crippen LogP contribution < -0.4 is 10.1 Å². The number of anilines is 1. The molecular weight excluding hydrogens is 354 g/mol. The van der Waals surface area contributed by atoms with Gasteiger partial charge in [-0.15, -0.1) is 0 Å². The van der Waals surface area contributed by atoms with Crippen molar-refractivity contribution in [2.24, 2.45) is 0 Å². The van der Waals surface area contributed by atoms with Gasteiger partial charge < -0.3 is 14.8 Å². The fourth-order valence-corrected chi connectivity index (χ4v) is 2.78. The zero-order valence-corrected chi connectivity index (χ0v) is 15.6. The number of esters is 1. The standard InChI is InChI=1S/C23H21NO4/c1-27-21-10-6-5-9-19(21)15-23(26)28-16-22(25)24-20-13-11-18(12-14-20)17-7-3-2-4-8-17/h2-14H,15-16H2,1H3,(H,24,25). The molecule has 0 radical (unpaired) electrons. The van der Waals surface area contributed by atoms with E-state index in [1.165, 1.54) is 0 Å². The molecule has 3 aromatic carbocycles. The summed E-state index contributed by atoms with van der Waals surface area (Å²) in [6, 6.07) is 24.7. The topological polar surface area (TPSA) is 64.6 Å². The number of nitrogens with one attached hydrogen (secondary N) is 1. The molecule has 28 heavy (non-hydrogen) atoms. The van der Waals surface area contributed by atoms with Crippen molar-refractivity contribution in [1.82, 2.24) is 0 Å². The van der Waals surface area contributed by atoms with E-state index in [-0.39, 0.29) is 18.9 Å². The number of hydrogen-bond acceptors (Lipinski definition) is 4. The average Bonchev–Trinajstić information content (AvgIpc) is 2.74. The molecule has 0 bridgehead atoms. The smallest absolute Gasteiger partial charge is 0.310 e. The predicted octanol–water partition coefficient (Wildman–Crippen LogP) is 4.09. The minimum atomic E-state index is -0.487. The number of carbonyl (C=O) groups is 2. The molecule has 0 unspecified atom stereocenters. The molecule has 1 N–H and O–H groups in total. The molecular formula is C23H21NO4. The first kappa shape index (κ1) is 19.2. The molecule has 142 valence electrons. The molecule has 0 aliphatic heterocycles. The lowest BCUT2D eigenvalue weighted by molar-refractivity contribution is -0.146. The highest BCUT2D eigenvalue weighted by Gasteiger charge is 2.11. The van der Waals surface area contributed by atoms with E-state index in [4.69, 9.17) is 9.47 Å². The molecule has 5 heteroatoms. The summed E-state index contributed by atoms with van der Waals surface area (Å²) in [5, 5.41) is 2.72. The van der Waals surface area contributed by atoms with Gasteiger partial charge in [-0.2, -0.15) is 0 Å². The number of ether oxygens (including phenoxy) is 2. The summed E-state index contributed by atoms with van der Waals surface area (Å²) < 4.78 is 10.3. The summed E-state index contributed by atoms with van der Waals surface area (Å²) in [6.07, 6.45) is 0.0447. The number of rotatable bonds is 7. The fourth-order valence-electron chi connectivity index (χ4n) is 2.78. The zero-order valence-electron chi connectivity index (χ0n) is 15.6. The Labute approximate surface area is 163 Å². The number of methoxy groups -OCH3 is 1. The van der Waals surface area contributed by atoms with Gasteiger partial charge in [0.15, 0.2) is 6.61 Å². The number of carbonyl (C=O) groups excluding carboxylic acids is 2. The van der Waals surface area contributed by atoms with Crippen LogP contribution in [-0.2, 0) is 20.7 Å². The Morgan fingerprint density at radius 3 is 2.18 bits per heavy atom. The first-order chi connectivity index (χ1) is 13.7. The summed E-state index contributed by atoms with van der Waals surface area (Å²) in [4.78, 5) is 24.0. The number of hydrogen-bond donors (Lipinski definition) is 1. The molecule has 0 saturated heterocycles. The lowest BCUT2D eigenvalue weighted by atomic mass is 10.1. The second-order valence-electron chi connectivity index (χ2n) is 6.14. The fraction of sp³-hybridized carbons (Fsp3) is 0.130. The molecule has 0 spiro atoms. The van der Waals surface area contributed by atoms with Crippen LogP contribution >= 0.6 is 0 Å². The van der Waals surface area contributed by atoms with Crippen molar-refractivity contribution in [1.29, 1.82) is 0 Å². The van der Waals surface area contributed by atoms with Crippen LogP contribution in [0.3, 0.4) is 0 Å². The highest BCUT2D eigenvalue weighted by molar-refractivity contribution is 5.93. The summed E-state index contributed by atoms with van der Waals surface area (Å²) in [5.41, 5.74) is 3.52. The van der Waals surface area contributed by atoms with Gasteiger partial charge >= 0.3 is 5.97 Å². The zero-order chi connectivity index (χ0) is 19.8. The lowest BCUT2D eigenvalue weighted by Crippen LogP contribution is -2.21. The molecule has 1 amide bonds. The van der Waals surface area contributed by atoms with Crippen molar-refractivity contribution in [3.63, 3.8) is 0 Å². The van der Waals surface area contributed by atoms with Crippen molar-refractivity contribution in [3.05, 3.63) is 84.4 Å². The first-order valence-electron chi connectivity index (χ1n) is 8.88. The maximum absolute atomic E-state index is 12.0. The molecule has 5 nitrogen and oxygen atoms in total. The van der Waals surface area contributed by atoms with Gasteiger partial charge in [0.25, 0.3) is 5.91 Å². The summed E-state index contributed by atoms with van der Waals surface area (Å²) >= 11 is 0. The van der Waals surface area contributed by atoms with E-state index in [1.807, 2.05) is 66.7 Å². The van der Waals surface area contributed by atoms with E-state index >= 15 is 0 Å². The SMILES string of the molecule is COc1ccccc1CC(=O)OCC(=O)Nc1ccc(-c2ccccc2)cc1. The van der Waals surface area contributed by atoms with Gasteiger partial charge in [-0.1, -0.05) is 60.7 Å². The van der Waals surface area contributed by atoms with Gasteiger partial charge in [0.1, 0.15) is 5.75 Å². The second kappa shape index (κ2) is 9.37. The maximum atomic E-state index is 12.0. The molecule has 0 saturated carbocycles. The number of para-hydroxylation sites is 1. The quantitative estimate of drug-likeness (QED) is 0.632. The van der Waals surface area contributed by atoms with Crippen LogP contribution in [0.4, 0.5) is 5.69 Å². The van der Waals surface area contributed by atoms with Crippen LogP contribution in [0.1, 0.15) is 5.56 Å². The Hall–Kier alpha value is -3.60. The Morgan fingerprint density at radius 2 is 1.46 bits per heavy atom. The van der Waals surface area contributed by atoms with Crippen LogP contribution in [0, 0.1) is 0 Å². The van der Waals surface area contributed by atoms with Crippen molar-refractivity contribution in [2.75, 3.05) is 19.0 Å². The lowest BCUT2D eigenvalue weighted by Gasteiger charge is -2.09. The number of amides is 1. The Balaban J connectivity index is 1.49. The third-order valence-corrected chi connectivity index (χ3v) is 4.17. The van der Waals surface area contributed by atoms with Crippen molar-refractivity contribution in [2.45, 2.75) is 6.42 Å². The van der Waals surface area contributed by atoms with Crippen molar-refractivity contribution >= 4 is 17.6 Å². The highest BCUT2D eigenvalue weighted by Crippen LogP contribution is 2.21. The van der Waals surface area contributed by atoms with Gasteiger partial charge in [0.05, 0.1) is 13.5 Å². The monoisotopic (exact) mass is 375 g/mol. The third-order valence-electron chi connectivity index (χ3n) is 4.17. The van der Waals surface area contributed by atoms with Crippen molar-refractivity contribution in [3.8, 4) is 16.9 Å².